The molecule has 2 atom stereocenters. The highest BCUT2D eigenvalue weighted by molar-refractivity contribution is 5.86. The minimum absolute atomic E-state index is 0.190. The van der Waals surface area contributed by atoms with Crippen LogP contribution in [0.25, 0.3) is 22.3 Å². The van der Waals surface area contributed by atoms with Gasteiger partial charge >= 0.3 is 5.76 Å². The van der Waals surface area contributed by atoms with Crippen molar-refractivity contribution in [2.24, 2.45) is 7.05 Å². The lowest BCUT2D eigenvalue weighted by molar-refractivity contribution is 0.284. The third-order valence-electron chi connectivity index (χ3n) is 7.31. The first kappa shape index (κ1) is 23.3. The lowest BCUT2D eigenvalue weighted by atomic mass is 9.79. The highest BCUT2D eigenvalue weighted by Crippen LogP contribution is 2.45. The van der Waals surface area contributed by atoms with Crippen LogP contribution in [-0.2, 0) is 25.6 Å². The number of aromatic amines is 2. The normalized spacial score (nSPS) is 19.0. The molecule has 196 valence electrons. The number of hydrogen-bond acceptors (Lipinski definition) is 7. The summed E-state index contributed by atoms with van der Waals surface area (Å²) in [6.07, 6.45) is 7.19. The number of rotatable bonds is 5. The number of nitrogens with zero attached hydrogens (tertiary/aromatic N) is 6. The average molecular weight is 526 g/mol. The average Bonchev–Trinajstić information content (AvgIpc) is 3.75. The Morgan fingerprint density at radius 2 is 2.05 bits per heavy atom. The molecule has 7 rings (SSSR count). The van der Waals surface area contributed by atoms with E-state index in [1.807, 2.05) is 36.0 Å². The molecular formula is C27H24FN9O2. The fourth-order valence-electron chi connectivity index (χ4n) is 5.41. The van der Waals surface area contributed by atoms with Crippen molar-refractivity contribution in [1.82, 2.24) is 44.8 Å². The van der Waals surface area contributed by atoms with E-state index in [2.05, 4.69) is 36.5 Å². The van der Waals surface area contributed by atoms with Crippen LogP contribution in [0.2, 0.25) is 0 Å². The van der Waals surface area contributed by atoms with Gasteiger partial charge < -0.3 is 14.4 Å². The molecule has 6 heterocycles. The SMILES string of the molecule is CCn1cc(C2(c3nn(C)c(=O)o3)NC(c3nc(-c4ccc(F)cn4)c[nH]3)Cc3c2[nH]c2ccccc32)cn1. The van der Waals surface area contributed by atoms with Gasteiger partial charge in [0, 0.05) is 42.5 Å². The highest BCUT2D eigenvalue weighted by Gasteiger charge is 2.51. The molecule has 0 spiro atoms. The molecule has 2 unspecified atom stereocenters. The largest absolute Gasteiger partial charge is 0.436 e. The Morgan fingerprint density at radius 1 is 1.18 bits per heavy atom. The summed E-state index contributed by atoms with van der Waals surface area (Å²) in [7, 11) is 1.55. The van der Waals surface area contributed by atoms with E-state index in [9.17, 15) is 9.18 Å². The maximum absolute atomic E-state index is 13.5. The van der Waals surface area contributed by atoms with Gasteiger partial charge in [-0.2, -0.15) is 9.78 Å². The van der Waals surface area contributed by atoms with Crippen molar-refractivity contribution in [3.05, 3.63) is 106 Å². The number of pyridine rings is 1. The Balaban J connectivity index is 1.46. The minimum atomic E-state index is -1.17. The van der Waals surface area contributed by atoms with E-state index in [0.29, 0.717) is 30.2 Å². The standard InChI is InChI=1S/C27H24FN9O2/c1-3-37-14-15(11-31-37)27(25-35-36(2)26(38)39-25)23-18(17-6-4-5-7-19(17)32-23)10-21(34-27)24-30-13-22(33-24)20-9-8-16(28)12-29-20/h4-9,11-14,21,32,34H,3,10H2,1-2H3,(H,30,33). The molecule has 6 aromatic rings. The molecule has 1 aromatic carbocycles. The van der Waals surface area contributed by atoms with Crippen LogP contribution in [0.15, 0.2) is 70.4 Å². The third-order valence-corrected chi connectivity index (χ3v) is 7.31. The molecule has 0 saturated heterocycles. The van der Waals surface area contributed by atoms with Gasteiger partial charge in [-0.05, 0) is 37.1 Å². The predicted octanol–water partition coefficient (Wildman–Crippen LogP) is 3.17. The van der Waals surface area contributed by atoms with E-state index in [4.69, 9.17) is 9.40 Å². The number of benzene rings is 1. The van der Waals surface area contributed by atoms with Crippen LogP contribution in [-0.4, -0.2) is 39.5 Å². The Hall–Kier alpha value is -4.84. The summed E-state index contributed by atoms with van der Waals surface area (Å²) in [6.45, 7) is 2.67. The number of hydrogen-bond donors (Lipinski definition) is 3. The zero-order chi connectivity index (χ0) is 26.7. The van der Waals surface area contributed by atoms with Gasteiger partial charge in [-0.1, -0.05) is 18.2 Å². The van der Waals surface area contributed by atoms with Crippen LogP contribution in [0.4, 0.5) is 4.39 Å². The minimum Gasteiger partial charge on any atom is -0.389 e. The van der Waals surface area contributed by atoms with Crippen LogP contribution < -0.4 is 11.1 Å². The van der Waals surface area contributed by atoms with Crippen molar-refractivity contribution in [1.29, 1.82) is 0 Å². The summed E-state index contributed by atoms with van der Waals surface area (Å²) in [5.74, 6) is -0.145. The van der Waals surface area contributed by atoms with Crippen LogP contribution in [0.3, 0.4) is 0 Å². The van der Waals surface area contributed by atoms with Crippen LogP contribution in [0, 0.1) is 5.82 Å². The fourth-order valence-corrected chi connectivity index (χ4v) is 5.41. The molecule has 0 saturated carbocycles. The van der Waals surface area contributed by atoms with E-state index < -0.39 is 17.1 Å². The summed E-state index contributed by atoms with van der Waals surface area (Å²) in [5, 5.41) is 13.8. The van der Waals surface area contributed by atoms with Crippen molar-refractivity contribution in [3.63, 3.8) is 0 Å². The second-order valence-corrected chi connectivity index (χ2v) is 9.59. The van der Waals surface area contributed by atoms with E-state index in [1.165, 1.54) is 16.9 Å². The van der Waals surface area contributed by atoms with Gasteiger partial charge in [0.05, 0.1) is 29.8 Å². The zero-order valence-electron chi connectivity index (χ0n) is 21.1. The number of para-hydroxylation sites is 1. The molecule has 0 radical (unpaired) electrons. The second-order valence-electron chi connectivity index (χ2n) is 9.59. The van der Waals surface area contributed by atoms with Gasteiger partial charge in [-0.3, -0.25) is 15.0 Å². The van der Waals surface area contributed by atoms with Gasteiger partial charge in [0.1, 0.15) is 17.3 Å². The van der Waals surface area contributed by atoms with Crippen molar-refractivity contribution in [3.8, 4) is 11.4 Å². The van der Waals surface area contributed by atoms with Crippen molar-refractivity contribution in [2.75, 3.05) is 0 Å². The van der Waals surface area contributed by atoms with E-state index in [-0.39, 0.29) is 11.9 Å². The molecule has 5 aromatic heterocycles. The summed E-state index contributed by atoms with van der Waals surface area (Å²) in [6, 6.07) is 10.7. The molecular weight excluding hydrogens is 501 g/mol. The first-order valence-electron chi connectivity index (χ1n) is 12.6. The first-order chi connectivity index (χ1) is 19.0. The van der Waals surface area contributed by atoms with Crippen LogP contribution in [0.1, 0.15) is 41.5 Å². The molecule has 0 fully saturated rings. The number of halogens is 1. The van der Waals surface area contributed by atoms with E-state index in [1.54, 1.807) is 25.5 Å². The molecule has 39 heavy (non-hydrogen) atoms. The lowest BCUT2D eigenvalue weighted by Crippen LogP contribution is -2.51. The fraction of sp³-hybridized carbons (Fsp3) is 0.222. The number of imidazole rings is 1. The number of fused-ring (bicyclic) bond motifs is 3. The van der Waals surface area contributed by atoms with Gasteiger partial charge in [0.2, 0.25) is 5.89 Å². The number of nitrogens with one attached hydrogen (secondary N) is 3. The van der Waals surface area contributed by atoms with Crippen molar-refractivity contribution >= 4 is 10.9 Å². The van der Waals surface area contributed by atoms with Gasteiger partial charge in [0.25, 0.3) is 0 Å². The first-order valence-corrected chi connectivity index (χ1v) is 12.6. The monoisotopic (exact) mass is 525 g/mol. The molecule has 11 nitrogen and oxygen atoms in total. The molecule has 0 aliphatic carbocycles. The van der Waals surface area contributed by atoms with E-state index >= 15 is 0 Å². The quantitative estimate of drug-likeness (QED) is 0.315. The zero-order valence-corrected chi connectivity index (χ0v) is 21.1. The molecule has 12 heteroatoms. The Kier molecular flexibility index (Phi) is 5.13. The number of H-pyrrole nitrogens is 2. The Labute approximate surface area is 220 Å². The maximum atomic E-state index is 13.5. The van der Waals surface area contributed by atoms with Crippen LogP contribution in [0.5, 0.6) is 0 Å². The maximum Gasteiger partial charge on any atom is 0.436 e. The van der Waals surface area contributed by atoms with Crippen molar-refractivity contribution in [2.45, 2.75) is 31.5 Å². The van der Waals surface area contributed by atoms with Gasteiger partial charge in [-0.25, -0.2) is 14.2 Å². The smallest absolute Gasteiger partial charge is 0.389 e. The van der Waals surface area contributed by atoms with Gasteiger partial charge in [-0.15, -0.1) is 5.10 Å². The number of aromatic nitrogens is 8. The highest BCUT2D eigenvalue weighted by atomic mass is 19.1. The molecule has 1 aliphatic heterocycles. The summed E-state index contributed by atoms with van der Waals surface area (Å²) in [4.78, 5) is 28.4. The predicted molar refractivity (Wildman–Crippen MR) is 139 cm³/mol. The van der Waals surface area contributed by atoms with Gasteiger partial charge in [0.15, 0.2) is 5.54 Å². The molecule has 3 N–H and O–H groups in total. The molecule has 1 aliphatic rings. The number of aryl methyl sites for hydroxylation is 2. The second kappa shape index (κ2) is 8.60. The van der Waals surface area contributed by atoms with E-state index in [0.717, 1.165) is 27.7 Å². The summed E-state index contributed by atoms with van der Waals surface area (Å²) < 4.78 is 22.2. The molecule has 0 amide bonds. The van der Waals surface area contributed by atoms with Crippen LogP contribution >= 0.6 is 0 Å². The summed E-state index contributed by atoms with van der Waals surface area (Å²) in [5.41, 5.74) is 3.54. The topological polar surface area (TPSA) is 135 Å². The summed E-state index contributed by atoms with van der Waals surface area (Å²) >= 11 is 0. The van der Waals surface area contributed by atoms with Crippen molar-refractivity contribution < 1.29 is 8.81 Å². The Bertz CT molecular complexity index is 1880. The molecule has 0 bridgehead atoms. The Morgan fingerprint density at radius 3 is 2.79 bits per heavy atom. The third kappa shape index (κ3) is 3.56. The lowest BCUT2D eigenvalue weighted by Gasteiger charge is -2.38.